The number of hydrogen-bond donors (Lipinski definition) is 2. The Balaban J connectivity index is 1.31. The number of carbonyl (C=O) groups excluding carboxylic acids is 2. The molecule has 1 saturated carbocycles. The van der Waals surface area contributed by atoms with Crippen molar-refractivity contribution in [3.05, 3.63) is 58.6 Å². The molecule has 0 aliphatic heterocycles. The summed E-state index contributed by atoms with van der Waals surface area (Å²) >= 11 is 3.33. The second-order valence-corrected chi connectivity index (χ2v) is 7.74. The third-order valence-corrected chi connectivity index (χ3v) is 5.06. The van der Waals surface area contributed by atoms with E-state index >= 15 is 0 Å². The number of carbonyl (C=O) groups is 2. The maximum atomic E-state index is 12.2. The molecule has 0 atom stereocenters. The van der Waals surface area contributed by atoms with Gasteiger partial charge < -0.3 is 10.6 Å². The van der Waals surface area contributed by atoms with E-state index in [4.69, 9.17) is 0 Å². The number of amides is 2. The van der Waals surface area contributed by atoms with Crippen molar-refractivity contribution < 1.29 is 9.59 Å². The van der Waals surface area contributed by atoms with Crippen LogP contribution in [0, 0.1) is 0 Å². The summed E-state index contributed by atoms with van der Waals surface area (Å²) < 4.78 is 2.74. The minimum atomic E-state index is -0.209. The summed E-state index contributed by atoms with van der Waals surface area (Å²) in [6.07, 6.45) is 2.34. The first-order valence-corrected chi connectivity index (χ1v) is 10.1. The van der Waals surface area contributed by atoms with Gasteiger partial charge in [0.15, 0.2) is 5.82 Å². The van der Waals surface area contributed by atoms with Gasteiger partial charge in [0, 0.05) is 34.3 Å². The van der Waals surface area contributed by atoms with Crippen molar-refractivity contribution in [2.75, 3.05) is 11.9 Å². The molecule has 0 saturated heterocycles. The van der Waals surface area contributed by atoms with Crippen LogP contribution in [-0.2, 0) is 4.79 Å². The van der Waals surface area contributed by atoms with Gasteiger partial charge in [0.2, 0.25) is 5.91 Å². The maximum absolute atomic E-state index is 12.2. The Kier molecular flexibility index (Phi) is 5.66. The Labute approximate surface area is 175 Å². The summed E-state index contributed by atoms with van der Waals surface area (Å²) in [5.74, 6) is 0.310. The number of hydrogen-bond acceptors (Lipinski definition) is 5. The van der Waals surface area contributed by atoms with E-state index in [1.54, 1.807) is 24.3 Å². The standard InChI is InChI=1S/C20H19BrN6O2/c21-15-6-4-13(5-7-15)20(29)22-11-10-18(28)23-16-3-1-2-14(12-16)19-24-25-26-27(19)17-8-9-17/h1-7,12,17H,8-11H2,(H,22,29)(H,23,28). The van der Waals surface area contributed by atoms with E-state index in [1.165, 1.54) is 0 Å². The molecule has 2 amide bonds. The zero-order valence-electron chi connectivity index (χ0n) is 15.5. The highest BCUT2D eigenvalue weighted by molar-refractivity contribution is 9.10. The highest BCUT2D eigenvalue weighted by Crippen LogP contribution is 2.36. The topological polar surface area (TPSA) is 102 Å². The van der Waals surface area contributed by atoms with Crippen molar-refractivity contribution in [1.82, 2.24) is 25.5 Å². The van der Waals surface area contributed by atoms with Crippen molar-refractivity contribution in [3.63, 3.8) is 0 Å². The van der Waals surface area contributed by atoms with Crippen LogP contribution >= 0.6 is 15.9 Å². The lowest BCUT2D eigenvalue weighted by Crippen LogP contribution is -2.27. The van der Waals surface area contributed by atoms with Crippen LogP contribution in [0.1, 0.15) is 35.7 Å². The third kappa shape index (κ3) is 4.86. The number of aromatic nitrogens is 4. The van der Waals surface area contributed by atoms with Gasteiger partial charge in [-0.2, -0.15) is 0 Å². The Bertz CT molecular complexity index is 1030. The first-order valence-electron chi connectivity index (χ1n) is 9.32. The summed E-state index contributed by atoms with van der Waals surface area (Å²) in [5.41, 5.74) is 2.06. The van der Waals surface area contributed by atoms with E-state index in [0.717, 1.165) is 22.9 Å². The number of tetrazole rings is 1. The van der Waals surface area contributed by atoms with E-state index in [2.05, 4.69) is 42.1 Å². The summed E-state index contributed by atoms with van der Waals surface area (Å²) in [7, 11) is 0. The van der Waals surface area contributed by atoms with Crippen molar-refractivity contribution in [1.29, 1.82) is 0 Å². The van der Waals surface area contributed by atoms with E-state index in [0.29, 0.717) is 23.1 Å². The Morgan fingerprint density at radius 2 is 1.93 bits per heavy atom. The molecule has 2 N–H and O–H groups in total. The lowest BCUT2D eigenvalue weighted by Gasteiger charge is -2.09. The van der Waals surface area contributed by atoms with Gasteiger partial charge in [-0.15, -0.1) is 5.10 Å². The molecule has 3 aromatic rings. The lowest BCUT2D eigenvalue weighted by molar-refractivity contribution is -0.116. The number of rotatable bonds is 7. The highest BCUT2D eigenvalue weighted by Gasteiger charge is 2.28. The second-order valence-electron chi connectivity index (χ2n) is 6.82. The van der Waals surface area contributed by atoms with Crippen molar-refractivity contribution in [3.8, 4) is 11.4 Å². The van der Waals surface area contributed by atoms with Crippen LogP contribution in [0.25, 0.3) is 11.4 Å². The first kappa shape index (κ1) is 19.3. The van der Waals surface area contributed by atoms with Gasteiger partial charge in [-0.1, -0.05) is 28.1 Å². The summed E-state index contributed by atoms with van der Waals surface area (Å²) in [4.78, 5) is 24.3. The fourth-order valence-electron chi connectivity index (χ4n) is 2.90. The summed E-state index contributed by atoms with van der Waals surface area (Å²) in [6, 6.07) is 14.8. The fourth-order valence-corrected chi connectivity index (χ4v) is 3.17. The van der Waals surface area contributed by atoms with Crippen LogP contribution in [0.4, 0.5) is 5.69 Å². The summed E-state index contributed by atoms with van der Waals surface area (Å²) in [5, 5.41) is 17.5. The van der Waals surface area contributed by atoms with Gasteiger partial charge in [0.1, 0.15) is 0 Å². The van der Waals surface area contributed by atoms with Crippen molar-refractivity contribution in [2.45, 2.75) is 25.3 Å². The van der Waals surface area contributed by atoms with Gasteiger partial charge in [-0.25, -0.2) is 4.68 Å². The Hall–Kier alpha value is -3.07. The molecule has 2 aromatic carbocycles. The quantitative estimate of drug-likeness (QED) is 0.570. The van der Waals surface area contributed by atoms with Crippen LogP contribution in [-0.4, -0.2) is 38.6 Å². The monoisotopic (exact) mass is 454 g/mol. The largest absolute Gasteiger partial charge is 0.352 e. The molecular weight excluding hydrogens is 436 g/mol. The number of benzene rings is 2. The van der Waals surface area contributed by atoms with Gasteiger partial charge in [0.05, 0.1) is 6.04 Å². The second kappa shape index (κ2) is 8.52. The number of nitrogens with one attached hydrogen (secondary N) is 2. The van der Waals surface area contributed by atoms with E-state index < -0.39 is 0 Å². The molecular formula is C20H19BrN6O2. The average molecular weight is 455 g/mol. The van der Waals surface area contributed by atoms with Gasteiger partial charge in [0.25, 0.3) is 5.91 Å². The van der Waals surface area contributed by atoms with Gasteiger partial charge in [-0.3, -0.25) is 9.59 Å². The molecule has 0 radical (unpaired) electrons. The van der Waals surface area contributed by atoms with Crippen molar-refractivity contribution in [2.24, 2.45) is 0 Å². The molecule has 9 heteroatoms. The first-order chi connectivity index (χ1) is 14.1. The molecule has 1 aliphatic rings. The smallest absolute Gasteiger partial charge is 0.251 e. The minimum Gasteiger partial charge on any atom is -0.352 e. The Morgan fingerprint density at radius 3 is 2.69 bits per heavy atom. The van der Waals surface area contributed by atoms with Crippen LogP contribution in [0.3, 0.4) is 0 Å². The molecule has 1 aliphatic carbocycles. The SMILES string of the molecule is O=C(CCNC(=O)c1ccc(Br)cc1)Nc1cccc(-c2nnnn2C2CC2)c1. The van der Waals surface area contributed by atoms with Gasteiger partial charge in [-0.05, 0) is 59.7 Å². The van der Waals surface area contributed by atoms with Crippen molar-refractivity contribution >= 4 is 33.4 Å². The minimum absolute atomic E-state index is 0.173. The van der Waals surface area contributed by atoms with E-state index in [-0.39, 0.29) is 24.8 Å². The number of halogens is 1. The highest BCUT2D eigenvalue weighted by atomic mass is 79.9. The van der Waals surface area contributed by atoms with Crippen LogP contribution in [0.15, 0.2) is 53.0 Å². The molecule has 4 rings (SSSR count). The van der Waals surface area contributed by atoms with Crippen LogP contribution in [0.5, 0.6) is 0 Å². The zero-order valence-corrected chi connectivity index (χ0v) is 17.1. The predicted molar refractivity (Wildman–Crippen MR) is 111 cm³/mol. The normalized spacial score (nSPS) is 13.1. The molecule has 1 fully saturated rings. The lowest BCUT2D eigenvalue weighted by atomic mass is 10.2. The fraction of sp³-hybridized carbons (Fsp3) is 0.250. The molecule has 0 unspecified atom stereocenters. The molecule has 29 heavy (non-hydrogen) atoms. The van der Waals surface area contributed by atoms with E-state index in [9.17, 15) is 9.59 Å². The van der Waals surface area contributed by atoms with Crippen LogP contribution < -0.4 is 10.6 Å². The molecule has 0 bridgehead atoms. The molecule has 8 nitrogen and oxygen atoms in total. The molecule has 148 valence electrons. The number of anilines is 1. The third-order valence-electron chi connectivity index (χ3n) is 4.53. The average Bonchev–Trinajstić information content (AvgIpc) is 3.45. The van der Waals surface area contributed by atoms with E-state index in [1.807, 2.05) is 28.9 Å². The summed E-state index contributed by atoms with van der Waals surface area (Å²) in [6.45, 7) is 0.250. The van der Waals surface area contributed by atoms with Crippen LogP contribution in [0.2, 0.25) is 0 Å². The Morgan fingerprint density at radius 1 is 1.14 bits per heavy atom. The molecule has 1 aromatic heterocycles. The maximum Gasteiger partial charge on any atom is 0.251 e. The zero-order chi connectivity index (χ0) is 20.2. The predicted octanol–water partition coefficient (Wildman–Crippen LogP) is 3.20. The molecule has 0 spiro atoms. The molecule has 1 heterocycles. The number of nitrogens with zero attached hydrogens (tertiary/aromatic N) is 4. The van der Waals surface area contributed by atoms with Gasteiger partial charge >= 0.3 is 0 Å².